The molecule has 0 radical (unpaired) electrons. The zero-order valence-electron chi connectivity index (χ0n) is 34.2. The lowest BCUT2D eigenvalue weighted by atomic mass is 9.94. The second-order valence-corrected chi connectivity index (χ2v) is 7.84. The SMILES string of the molecule is [2H]C([2H])(C)C([2H])([2H])Oc1cc(CC(=O)N[C@@]([2H])(CC(C)C)c2ccccc2N2C([2H])([2H])C([2H])([2H])C([2H])([2H])C([2H])([2H])C2([2H])[2H])ccc1C(=O)O. The molecule has 1 aliphatic rings. The first-order valence-electron chi connectivity index (χ1n) is 18.1. The first-order valence-corrected chi connectivity index (χ1v) is 10.6. The average molecular weight is 482 g/mol. The standard InChI is InChI=1S/C28H38N2O4/c1-4-16-34-26-18-21(12-13-23(26)28(32)33)19-27(31)29-24(17-20(2)3)22-10-6-7-11-25(22)30-14-8-5-9-15-30/h6-7,10-13,18,20,24H,4-5,8-9,14-17,19H2,1-3H3,(H,29,31)(H,32,33)/t24-/m0/s1/i4D2,5D2,8D2,9D2,14D2,15D2,16D2,24D. The maximum Gasteiger partial charge on any atom is 0.339 e. The fourth-order valence-corrected chi connectivity index (χ4v) is 3.35. The summed E-state index contributed by atoms with van der Waals surface area (Å²) in [4.78, 5) is 25.5. The van der Waals surface area contributed by atoms with E-state index in [1.54, 1.807) is 13.8 Å². The molecule has 0 aromatic heterocycles. The molecule has 1 saturated heterocycles. The van der Waals surface area contributed by atoms with Crippen molar-refractivity contribution in [1.29, 1.82) is 0 Å². The highest BCUT2D eigenvalue weighted by Gasteiger charge is 2.23. The minimum atomic E-state index is -3.67. The Labute approximate surface area is 224 Å². The van der Waals surface area contributed by atoms with Gasteiger partial charge in [0.2, 0.25) is 5.91 Å². The third-order valence-corrected chi connectivity index (χ3v) is 4.74. The Morgan fingerprint density at radius 2 is 1.94 bits per heavy atom. The highest BCUT2D eigenvalue weighted by Crippen LogP contribution is 2.32. The van der Waals surface area contributed by atoms with Gasteiger partial charge in [-0.2, -0.15) is 0 Å². The molecular weight excluding hydrogens is 428 g/mol. The highest BCUT2D eigenvalue weighted by molar-refractivity contribution is 5.91. The van der Waals surface area contributed by atoms with Gasteiger partial charge in [0.1, 0.15) is 11.3 Å². The van der Waals surface area contributed by atoms with Crippen LogP contribution < -0.4 is 15.0 Å². The molecule has 2 aromatic carbocycles. The van der Waals surface area contributed by atoms with Crippen molar-refractivity contribution >= 4 is 17.6 Å². The Bertz CT molecular complexity index is 1560. The summed E-state index contributed by atoms with van der Waals surface area (Å²) in [6.45, 7) is -5.78. The van der Waals surface area contributed by atoms with Crippen LogP contribution in [-0.4, -0.2) is 36.5 Å². The first-order chi connectivity index (χ1) is 21.9. The van der Waals surface area contributed by atoms with Gasteiger partial charge in [-0.3, -0.25) is 4.79 Å². The first kappa shape index (κ1) is 12.1. The molecule has 3 rings (SSSR count). The number of ether oxygens (including phenoxy) is 1. The molecule has 34 heavy (non-hydrogen) atoms. The average Bonchev–Trinajstić information content (AvgIpc) is 2.90. The van der Waals surface area contributed by atoms with Gasteiger partial charge in [0.15, 0.2) is 0 Å². The van der Waals surface area contributed by atoms with Crippen LogP contribution in [-0.2, 0) is 11.2 Å². The molecule has 1 heterocycles. The Balaban J connectivity index is 2.13. The minimum Gasteiger partial charge on any atom is -0.493 e. The molecule has 1 aliphatic heterocycles. The summed E-state index contributed by atoms with van der Waals surface area (Å²) >= 11 is 0. The van der Waals surface area contributed by atoms with Crippen molar-refractivity contribution in [2.45, 2.75) is 65.1 Å². The number of carbonyl (C=O) groups is 2. The molecule has 0 unspecified atom stereocenters. The van der Waals surface area contributed by atoms with E-state index in [1.165, 1.54) is 24.3 Å². The molecule has 0 saturated carbocycles. The van der Waals surface area contributed by atoms with Crippen molar-refractivity contribution < 1.29 is 40.0 Å². The molecule has 2 N–H and O–H groups in total. The van der Waals surface area contributed by atoms with Gasteiger partial charge in [0, 0.05) is 35.1 Å². The minimum absolute atomic E-state index is 0.0671. The third-order valence-electron chi connectivity index (χ3n) is 4.74. The highest BCUT2D eigenvalue weighted by atomic mass is 16.5. The molecule has 0 bridgehead atoms. The van der Waals surface area contributed by atoms with Crippen molar-refractivity contribution in [2.75, 3.05) is 24.5 Å². The van der Waals surface area contributed by atoms with Gasteiger partial charge >= 0.3 is 5.97 Å². The molecule has 6 nitrogen and oxygen atoms in total. The number of piperidine rings is 1. The number of hydrogen-bond acceptors (Lipinski definition) is 4. The zero-order chi connectivity index (χ0) is 38.0. The molecule has 1 amide bonds. The molecule has 2 aromatic rings. The zero-order valence-corrected chi connectivity index (χ0v) is 19.2. The predicted molar refractivity (Wildman–Crippen MR) is 136 cm³/mol. The normalized spacial score (nSPS) is 30.4. The second kappa shape index (κ2) is 12.4. The van der Waals surface area contributed by atoms with E-state index in [-0.39, 0.29) is 28.4 Å². The summed E-state index contributed by atoms with van der Waals surface area (Å²) in [6, 6.07) is 6.13. The lowest BCUT2D eigenvalue weighted by molar-refractivity contribution is -0.121. The summed E-state index contributed by atoms with van der Waals surface area (Å²) < 4.78 is 130. The maximum atomic E-state index is 13.5. The van der Waals surface area contributed by atoms with Crippen LogP contribution in [0.3, 0.4) is 0 Å². The van der Waals surface area contributed by atoms with Crippen LogP contribution in [0.2, 0.25) is 0 Å². The molecule has 0 aliphatic carbocycles. The largest absolute Gasteiger partial charge is 0.493 e. The summed E-state index contributed by atoms with van der Waals surface area (Å²) in [5.74, 6) is -3.32. The number of carbonyl (C=O) groups excluding carboxylic acids is 1. The van der Waals surface area contributed by atoms with Crippen LogP contribution >= 0.6 is 0 Å². The number of hydrogen-bond donors (Lipinski definition) is 2. The predicted octanol–water partition coefficient (Wildman–Crippen LogP) is 5.61. The molecule has 1 atom stereocenters. The van der Waals surface area contributed by atoms with Crippen molar-refractivity contribution in [3.05, 3.63) is 59.2 Å². The smallest absolute Gasteiger partial charge is 0.339 e. The molecular formula is C28H38N2O4. The Hall–Kier alpha value is -3.02. The van der Waals surface area contributed by atoms with E-state index < -0.39 is 86.4 Å². The van der Waals surface area contributed by atoms with Gasteiger partial charge in [0.25, 0.3) is 0 Å². The summed E-state index contributed by atoms with van der Waals surface area (Å²) in [6.07, 6.45) is -14.2. The van der Waals surface area contributed by atoms with E-state index in [0.717, 1.165) is 25.1 Å². The molecule has 1 fully saturated rings. The number of nitrogens with zero attached hydrogens (tertiary/aromatic N) is 1. The number of benzene rings is 2. The number of para-hydroxylation sites is 1. The molecule has 0 spiro atoms. The second-order valence-electron chi connectivity index (χ2n) is 7.84. The van der Waals surface area contributed by atoms with E-state index >= 15 is 0 Å². The Morgan fingerprint density at radius 3 is 2.62 bits per heavy atom. The van der Waals surface area contributed by atoms with Crippen molar-refractivity contribution in [3.8, 4) is 5.75 Å². The van der Waals surface area contributed by atoms with Crippen LogP contribution in [0.5, 0.6) is 5.75 Å². The monoisotopic (exact) mass is 481 g/mol. The molecule has 6 heteroatoms. The number of anilines is 1. The van der Waals surface area contributed by atoms with Crippen LogP contribution in [0.25, 0.3) is 0 Å². The van der Waals surface area contributed by atoms with Crippen LogP contribution in [0, 0.1) is 5.92 Å². The van der Waals surface area contributed by atoms with Crippen LogP contribution in [0.15, 0.2) is 42.5 Å². The fourth-order valence-electron chi connectivity index (χ4n) is 3.35. The summed E-state index contributed by atoms with van der Waals surface area (Å²) in [5.41, 5.74) is -1.23. The summed E-state index contributed by atoms with van der Waals surface area (Å²) in [5, 5.41) is 12.1. The maximum absolute atomic E-state index is 13.5. The van der Waals surface area contributed by atoms with Gasteiger partial charge in [-0.1, -0.05) is 45.0 Å². The Kier molecular flexibility index (Phi) is 4.43. The van der Waals surface area contributed by atoms with Gasteiger partial charge < -0.3 is 20.1 Å². The van der Waals surface area contributed by atoms with E-state index in [4.69, 9.17) is 23.9 Å². The van der Waals surface area contributed by atoms with Crippen molar-refractivity contribution in [1.82, 2.24) is 5.32 Å². The lowest BCUT2D eigenvalue weighted by Gasteiger charge is -2.33. The van der Waals surface area contributed by atoms with Gasteiger partial charge in [-0.05, 0) is 67.2 Å². The van der Waals surface area contributed by atoms with Crippen LogP contribution in [0.4, 0.5) is 5.69 Å². The third kappa shape index (κ3) is 6.99. The van der Waals surface area contributed by atoms with Crippen molar-refractivity contribution in [2.24, 2.45) is 5.92 Å². The topological polar surface area (TPSA) is 78.9 Å². The van der Waals surface area contributed by atoms with Gasteiger partial charge in [0.05, 0.1) is 23.1 Å². The number of amides is 1. The van der Waals surface area contributed by atoms with E-state index in [9.17, 15) is 16.1 Å². The van der Waals surface area contributed by atoms with Crippen molar-refractivity contribution in [3.63, 3.8) is 0 Å². The lowest BCUT2D eigenvalue weighted by Crippen LogP contribution is -2.34. The van der Waals surface area contributed by atoms with Crippen LogP contribution in [0.1, 0.15) is 101 Å². The number of rotatable bonds is 11. The van der Waals surface area contributed by atoms with E-state index in [2.05, 4.69) is 5.32 Å². The molecule has 184 valence electrons. The number of aromatic carboxylic acids is 1. The fraction of sp³-hybridized carbons (Fsp3) is 0.500. The summed E-state index contributed by atoms with van der Waals surface area (Å²) in [7, 11) is 0. The number of nitrogens with one attached hydrogen (secondary N) is 1. The number of carboxylic acid groups (broad SMARTS) is 1. The van der Waals surface area contributed by atoms with E-state index in [1.807, 2.05) is 0 Å². The van der Waals surface area contributed by atoms with Gasteiger partial charge in [-0.15, -0.1) is 0 Å². The van der Waals surface area contributed by atoms with Gasteiger partial charge in [-0.25, -0.2) is 4.79 Å². The van der Waals surface area contributed by atoms with E-state index in [0.29, 0.717) is 0 Å². The number of carboxylic acids is 1. The quantitative estimate of drug-likeness (QED) is 0.436. The Morgan fingerprint density at radius 1 is 1.21 bits per heavy atom.